The second kappa shape index (κ2) is 8.09. The van der Waals surface area contributed by atoms with Crippen LogP contribution in [-0.2, 0) is 4.79 Å². The number of piperidine rings is 1. The van der Waals surface area contributed by atoms with E-state index in [9.17, 15) is 13.6 Å². The fourth-order valence-corrected chi connectivity index (χ4v) is 6.26. The van der Waals surface area contributed by atoms with E-state index in [0.717, 1.165) is 60.5 Å². The van der Waals surface area contributed by atoms with Gasteiger partial charge in [-0.3, -0.25) is 14.8 Å². The lowest BCUT2D eigenvalue weighted by molar-refractivity contribution is -0.143. The molecule has 6 nitrogen and oxygen atoms in total. The Morgan fingerprint density at radius 3 is 2.53 bits per heavy atom. The van der Waals surface area contributed by atoms with Gasteiger partial charge < -0.3 is 4.90 Å². The topological polar surface area (TPSA) is 52.6 Å². The number of halogens is 2. The van der Waals surface area contributed by atoms with Gasteiger partial charge in [0.15, 0.2) is 0 Å². The molecule has 0 unspecified atom stereocenters. The van der Waals surface area contributed by atoms with Crippen molar-refractivity contribution in [1.29, 1.82) is 0 Å². The minimum absolute atomic E-state index is 0.0851. The highest BCUT2D eigenvalue weighted by Gasteiger charge is 2.56. The quantitative estimate of drug-likeness (QED) is 0.548. The van der Waals surface area contributed by atoms with E-state index in [1.54, 1.807) is 16.3 Å². The molecule has 5 heterocycles. The van der Waals surface area contributed by atoms with Gasteiger partial charge in [-0.1, -0.05) is 0 Å². The van der Waals surface area contributed by atoms with Crippen LogP contribution in [0.15, 0.2) is 42.0 Å². The molecule has 0 aliphatic carbocycles. The van der Waals surface area contributed by atoms with E-state index in [2.05, 4.69) is 33.9 Å². The summed E-state index contributed by atoms with van der Waals surface area (Å²) in [6.45, 7) is 4.94. The van der Waals surface area contributed by atoms with Crippen LogP contribution in [0.25, 0.3) is 10.6 Å². The van der Waals surface area contributed by atoms with Gasteiger partial charge in [0.1, 0.15) is 17.5 Å². The molecule has 34 heavy (non-hydrogen) atoms. The number of thiazole rings is 1. The van der Waals surface area contributed by atoms with Crippen LogP contribution in [0.5, 0.6) is 0 Å². The normalized spacial score (nSPS) is 22.1. The molecular weight excluding hydrogens is 456 g/mol. The average molecular weight is 482 g/mol. The van der Waals surface area contributed by atoms with Crippen LogP contribution in [0, 0.1) is 24.0 Å². The second-order valence-corrected chi connectivity index (χ2v) is 10.5. The molecule has 2 aromatic heterocycles. The van der Waals surface area contributed by atoms with Gasteiger partial charge in [-0.25, -0.2) is 18.8 Å². The summed E-state index contributed by atoms with van der Waals surface area (Å²) < 4.78 is 27.7. The number of rotatable bonds is 3. The first kappa shape index (κ1) is 21.6. The largest absolute Gasteiger partial charge is 0.357 e. The van der Waals surface area contributed by atoms with Crippen molar-refractivity contribution in [3.63, 3.8) is 0 Å². The lowest BCUT2D eigenvalue weighted by Gasteiger charge is -2.38. The third-order valence-corrected chi connectivity index (χ3v) is 8.16. The molecule has 6 rings (SSSR count). The molecular formula is C25H25F2N5OS. The molecule has 3 fully saturated rings. The Bertz CT molecular complexity index is 1220. The van der Waals surface area contributed by atoms with Gasteiger partial charge in [0.05, 0.1) is 27.5 Å². The zero-order chi connectivity index (χ0) is 23.4. The van der Waals surface area contributed by atoms with E-state index in [0.29, 0.717) is 18.5 Å². The van der Waals surface area contributed by atoms with Gasteiger partial charge in [0.2, 0.25) is 5.91 Å². The van der Waals surface area contributed by atoms with E-state index in [-0.39, 0.29) is 11.9 Å². The molecule has 0 radical (unpaired) electrons. The maximum Gasteiger partial charge on any atom is 0.245 e. The minimum atomic E-state index is -0.605. The first-order valence-electron chi connectivity index (χ1n) is 11.6. The van der Waals surface area contributed by atoms with E-state index in [4.69, 9.17) is 4.98 Å². The Morgan fingerprint density at radius 2 is 1.82 bits per heavy atom. The standard InChI is InChI=1S/C25H25F2N5OS/c1-16-8-20(22-13-28-15-34-22)29-23(9-16)30-6-3-25(4-7-30)14-31-5-2-21(32(31)24(25)33)17-10-18(26)12-19(27)11-17/h8-13,15,21H,2-7,14H2,1H3/t21-/m0/s1. The molecule has 1 atom stereocenters. The number of aromatic nitrogens is 2. The number of anilines is 1. The number of carbonyl (C=O) groups excluding carboxylic acids is 1. The first-order valence-corrected chi connectivity index (χ1v) is 12.5. The summed E-state index contributed by atoms with van der Waals surface area (Å²) in [5.74, 6) is -0.197. The third-order valence-electron chi connectivity index (χ3n) is 7.36. The molecule has 0 saturated carbocycles. The molecule has 3 saturated heterocycles. The van der Waals surface area contributed by atoms with Crippen LogP contribution in [0.1, 0.15) is 36.4 Å². The molecule has 3 aromatic rings. The number of aryl methyl sites for hydroxylation is 1. The highest BCUT2D eigenvalue weighted by atomic mass is 32.1. The Labute approximate surface area is 200 Å². The lowest BCUT2D eigenvalue weighted by Crippen LogP contribution is -2.46. The zero-order valence-electron chi connectivity index (χ0n) is 18.9. The molecule has 1 amide bonds. The maximum absolute atomic E-state index is 13.9. The summed E-state index contributed by atoms with van der Waals surface area (Å²) in [7, 11) is 0. The summed E-state index contributed by atoms with van der Waals surface area (Å²) >= 11 is 1.57. The van der Waals surface area contributed by atoms with Crippen molar-refractivity contribution in [2.24, 2.45) is 5.41 Å². The van der Waals surface area contributed by atoms with E-state index in [1.807, 2.05) is 11.7 Å². The summed E-state index contributed by atoms with van der Waals surface area (Å²) in [5, 5.41) is 3.86. The van der Waals surface area contributed by atoms with Crippen molar-refractivity contribution in [3.05, 3.63) is 64.8 Å². The van der Waals surface area contributed by atoms with Gasteiger partial charge in [-0.2, -0.15) is 0 Å². The minimum Gasteiger partial charge on any atom is -0.357 e. The Kier molecular flexibility index (Phi) is 5.14. The highest BCUT2D eigenvalue weighted by Crippen LogP contribution is 2.47. The summed E-state index contributed by atoms with van der Waals surface area (Å²) in [6.07, 6.45) is 3.98. The number of amides is 1. The molecule has 0 N–H and O–H groups in total. The number of nitrogens with zero attached hydrogens (tertiary/aromatic N) is 5. The van der Waals surface area contributed by atoms with E-state index < -0.39 is 17.0 Å². The zero-order valence-corrected chi connectivity index (χ0v) is 19.7. The summed E-state index contributed by atoms with van der Waals surface area (Å²) in [4.78, 5) is 26.0. The SMILES string of the molecule is Cc1cc(-c2cncs2)nc(N2CCC3(CC2)CN2CC[C@@H](c4cc(F)cc(F)c4)N2C3=O)c1. The highest BCUT2D eigenvalue weighted by molar-refractivity contribution is 7.13. The predicted octanol–water partition coefficient (Wildman–Crippen LogP) is 4.58. The van der Waals surface area contributed by atoms with Crippen LogP contribution >= 0.6 is 11.3 Å². The van der Waals surface area contributed by atoms with Crippen LogP contribution in [0.4, 0.5) is 14.6 Å². The fourth-order valence-electron chi connectivity index (χ4n) is 5.67. The van der Waals surface area contributed by atoms with Crippen molar-refractivity contribution in [2.45, 2.75) is 32.2 Å². The van der Waals surface area contributed by atoms with E-state index in [1.165, 1.54) is 12.1 Å². The van der Waals surface area contributed by atoms with Crippen LogP contribution in [0.2, 0.25) is 0 Å². The smallest absolute Gasteiger partial charge is 0.245 e. The van der Waals surface area contributed by atoms with Gasteiger partial charge in [-0.05, 0) is 61.6 Å². The Hall–Kier alpha value is -2.91. The summed E-state index contributed by atoms with van der Waals surface area (Å²) in [6, 6.07) is 7.43. The summed E-state index contributed by atoms with van der Waals surface area (Å²) in [5.41, 5.74) is 3.95. The molecule has 1 aromatic carbocycles. The number of hydrogen-bond acceptors (Lipinski definition) is 6. The Morgan fingerprint density at radius 1 is 1.06 bits per heavy atom. The van der Waals surface area contributed by atoms with Gasteiger partial charge in [-0.15, -0.1) is 11.3 Å². The number of pyridine rings is 1. The van der Waals surface area contributed by atoms with Crippen LogP contribution in [-0.4, -0.2) is 52.1 Å². The van der Waals surface area contributed by atoms with Crippen LogP contribution in [0.3, 0.4) is 0 Å². The number of carbonyl (C=O) groups is 1. The van der Waals surface area contributed by atoms with E-state index >= 15 is 0 Å². The number of fused-ring (bicyclic) bond motifs is 1. The number of hydrogen-bond donors (Lipinski definition) is 0. The third kappa shape index (κ3) is 3.58. The molecule has 176 valence electrons. The van der Waals surface area contributed by atoms with Crippen molar-refractivity contribution in [3.8, 4) is 10.6 Å². The molecule has 9 heteroatoms. The monoisotopic (exact) mass is 481 g/mol. The molecule has 1 spiro atoms. The maximum atomic E-state index is 13.9. The first-order chi connectivity index (χ1) is 16.4. The number of benzene rings is 1. The Balaban J connectivity index is 1.21. The van der Waals surface area contributed by atoms with Crippen molar-refractivity contribution in [2.75, 3.05) is 31.1 Å². The molecule has 3 aliphatic heterocycles. The molecule has 3 aliphatic rings. The van der Waals surface area contributed by atoms with Crippen molar-refractivity contribution >= 4 is 23.1 Å². The fraction of sp³-hybridized carbons (Fsp3) is 0.400. The predicted molar refractivity (Wildman–Crippen MR) is 126 cm³/mol. The molecule has 0 bridgehead atoms. The number of hydrazine groups is 1. The van der Waals surface area contributed by atoms with Gasteiger partial charge in [0.25, 0.3) is 0 Å². The van der Waals surface area contributed by atoms with Gasteiger partial charge >= 0.3 is 0 Å². The van der Waals surface area contributed by atoms with Crippen molar-refractivity contribution in [1.82, 2.24) is 20.0 Å². The van der Waals surface area contributed by atoms with Crippen molar-refractivity contribution < 1.29 is 13.6 Å². The second-order valence-electron chi connectivity index (χ2n) is 9.57. The lowest BCUT2D eigenvalue weighted by atomic mass is 9.77. The van der Waals surface area contributed by atoms with Crippen LogP contribution < -0.4 is 4.90 Å². The average Bonchev–Trinajstić information content (AvgIpc) is 3.53. The van der Waals surface area contributed by atoms with Gasteiger partial charge in [0, 0.05) is 38.4 Å².